The molecule has 3 fully saturated rings. The highest BCUT2D eigenvalue weighted by atomic mass is 16.5. The molecule has 126 valence electrons. The van der Waals surface area contributed by atoms with Crippen molar-refractivity contribution in [3.63, 3.8) is 0 Å². The molecule has 1 unspecified atom stereocenters. The van der Waals surface area contributed by atoms with E-state index in [9.17, 15) is 0 Å². The summed E-state index contributed by atoms with van der Waals surface area (Å²) in [5.74, 6) is 0.746. The Bertz CT molecular complexity index is 518. The first-order valence-electron chi connectivity index (χ1n) is 9.30. The molecule has 3 aliphatic rings. The second-order valence-electron chi connectivity index (χ2n) is 8.19. The highest BCUT2D eigenvalue weighted by molar-refractivity contribution is 5.27. The first-order chi connectivity index (χ1) is 11.1. The lowest BCUT2D eigenvalue weighted by atomic mass is 10.0. The van der Waals surface area contributed by atoms with Gasteiger partial charge in [0.15, 0.2) is 0 Å². The molecule has 1 aliphatic heterocycles. The Morgan fingerprint density at radius 3 is 2.48 bits per heavy atom. The van der Waals surface area contributed by atoms with Gasteiger partial charge in [-0.3, -0.25) is 4.90 Å². The van der Waals surface area contributed by atoms with Crippen LogP contribution in [0, 0.1) is 5.41 Å². The zero-order valence-electron chi connectivity index (χ0n) is 14.5. The van der Waals surface area contributed by atoms with Crippen LogP contribution in [-0.4, -0.2) is 49.3 Å². The van der Waals surface area contributed by atoms with Gasteiger partial charge in [-0.25, -0.2) is 0 Å². The van der Waals surface area contributed by atoms with Crippen molar-refractivity contribution in [2.24, 2.45) is 5.41 Å². The number of hydrogen-bond donors (Lipinski definition) is 1. The third kappa shape index (κ3) is 3.78. The minimum Gasteiger partial charge on any atom is -0.373 e. The summed E-state index contributed by atoms with van der Waals surface area (Å²) in [6.07, 6.45) is 4.86. The third-order valence-electron chi connectivity index (χ3n) is 5.77. The minimum absolute atomic E-state index is 0.383. The van der Waals surface area contributed by atoms with Crippen molar-refractivity contribution < 1.29 is 4.74 Å². The molecule has 0 amide bonds. The number of nitrogens with zero attached hydrogens (tertiary/aromatic N) is 1. The van der Waals surface area contributed by atoms with Crippen molar-refractivity contribution in [3.8, 4) is 0 Å². The first kappa shape index (κ1) is 15.6. The van der Waals surface area contributed by atoms with Crippen LogP contribution in [0.25, 0.3) is 0 Å². The van der Waals surface area contributed by atoms with E-state index in [2.05, 4.69) is 54.4 Å². The fraction of sp³-hybridized carbons (Fsp3) is 0.700. The summed E-state index contributed by atoms with van der Waals surface area (Å²) in [5, 5.41) is 3.86. The number of ether oxygens (including phenoxy) is 1. The van der Waals surface area contributed by atoms with Crippen molar-refractivity contribution in [2.45, 2.75) is 57.3 Å². The van der Waals surface area contributed by atoms with Crippen molar-refractivity contribution in [1.82, 2.24) is 10.2 Å². The van der Waals surface area contributed by atoms with Crippen LogP contribution in [-0.2, 0) is 4.74 Å². The predicted molar refractivity (Wildman–Crippen MR) is 93.7 cm³/mol. The highest BCUT2D eigenvalue weighted by Crippen LogP contribution is 2.48. The average molecular weight is 314 g/mol. The number of hydrogen-bond acceptors (Lipinski definition) is 3. The van der Waals surface area contributed by atoms with Crippen molar-refractivity contribution >= 4 is 0 Å². The molecule has 1 aromatic rings. The molecule has 1 saturated heterocycles. The lowest BCUT2D eigenvalue weighted by Gasteiger charge is -2.37. The van der Waals surface area contributed by atoms with Crippen LogP contribution in [0.2, 0.25) is 0 Å². The fourth-order valence-corrected chi connectivity index (χ4v) is 4.29. The van der Waals surface area contributed by atoms with Gasteiger partial charge < -0.3 is 10.1 Å². The maximum Gasteiger partial charge on any atom is 0.0678 e. The lowest BCUT2D eigenvalue weighted by Crippen LogP contribution is -2.48. The van der Waals surface area contributed by atoms with E-state index in [0.29, 0.717) is 23.7 Å². The molecule has 1 N–H and O–H groups in total. The van der Waals surface area contributed by atoms with E-state index >= 15 is 0 Å². The Labute approximate surface area is 140 Å². The molecular weight excluding hydrogens is 284 g/mol. The summed E-state index contributed by atoms with van der Waals surface area (Å²) in [5.41, 5.74) is 2.05. The lowest BCUT2D eigenvalue weighted by molar-refractivity contribution is -0.0725. The van der Waals surface area contributed by atoms with Crippen molar-refractivity contribution in [3.05, 3.63) is 35.9 Å². The van der Waals surface area contributed by atoms with Crippen LogP contribution in [0.4, 0.5) is 0 Å². The summed E-state index contributed by atoms with van der Waals surface area (Å²) in [7, 11) is 0. The molecule has 2 aliphatic carbocycles. The summed E-state index contributed by atoms with van der Waals surface area (Å²) in [6, 6.07) is 11.7. The fourth-order valence-electron chi connectivity index (χ4n) is 4.29. The van der Waals surface area contributed by atoms with E-state index in [1.165, 1.54) is 37.9 Å². The third-order valence-corrected chi connectivity index (χ3v) is 5.77. The van der Waals surface area contributed by atoms with Crippen molar-refractivity contribution in [2.75, 3.05) is 26.2 Å². The first-order valence-corrected chi connectivity index (χ1v) is 9.30. The average Bonchev–Trinajstić information content (AvgIpc) is 3.41. The van der Waals surface area contributed by atoms with Gasteiger partial charge in [0, 0.05) is 38.1 Å². The Hall–Kier alpha value is -0.900. The van der Waals surface area contributed by atoms with Crippen molar-refractivity contribution in [1.29, 1.82) is 0 Å². The van der Waals surface area contributed by atoms with Crippen LogP contribution in [0.3, 0.4) is 0 Å². The standard InChI is InChI=1S/C20H30N2O/c1-15-11-22(12-16(2)23-15)14-20(8-9-20)13-21-19-10-18(19)17-6-4-3-5-7-17/h3-7,15-16,18-19,21H,8-14H2,1-2H3/t15-,16+,18?,19-/m0/s1. The Morgan fingerprint density at radius 1 is 1.13 bits per heavy atom. The summed E-state index contributed by atoms with van der Waals surface area (Å²) < 4.78 is 5.87. The smallest absolute Gasteiger partial charge is 0.0678 e. The van der Waals surface area contributed by atoms with E-state index in [-0.39, 0.29) is 0 Å². The molecule has 1 aromatic carbocycles. The predicted octanol–water partition coefficient (Wildman–Crippen LogP) is 3.02. The van der Waals surface area contributed by atoms with E-state index in [1.807, 2.05) is 0 Å². The van der Waals surface area contributed by atoms with Gasteiger partial charge in [-0.1, -0.05) is 30.3 Å². The van der Waals surface area contributed by atoms with Crippen LogP contribution < -0.4 is 5.32 Å². The van der Waals surface area contributed by atoms with Gasteiger partial charge in [0.1, 0.15) is 0 Å². The Balaban J connectivity index is 1.25. The summed E-state index contributed by atoms with van der Waals surface area (Å²) >= 11 is 0. The Morgan fingerprint density at radius 2 is 1.83 bits per heavy atom. The number of nitrogens with one attached hydrogen (secondary N) is 1. The largest absolute Gasteiger partial charge is 0.373 e. The van der Waals surface area contributed by atoms with Gasteiger partial charge >= 0.3 is 0 Å². The van der Waals surface area contributed by atoms with Crippen LogP contribution in [0.5, 0.6) is 0 Å². The van der Waals surface area contributed by atoms with E-state index in [1.54, 1.807) is 0 Å². The van der Waals surface area contributed by atoms with Crippen LogP contribution in [0.15, 0.2) is 30.3 Å². The molecule has 0 aromatic heterocycles. The van der Waals surface area contributed by atoms with E-state index < -0.39 is 0 Å². The van der Waals surface area contributed by atoms with Gasteiger partial charge in [0.05, 0.1) is 12.2 Å². The highest BCUT2D eigenvalue weighted by Gasteiger charge is 2.47. The number of benzene rings is 1. The molecule has 3 heteroatoms. The van der Waals surface area contributed by atoms with Crippen LogP contribution in [0.1, 0.15) is 44.6 Å². The van der Waals surface area contributed by atoms with Gasteiger partial charge in [-0.15, -0.1) is 0 Å². The molecule has 0 spiro atoms. The number of morpholine rings is 1. The molecule has 0 bridgehead atoms. The summed E-state index contributed by atoms with van der Waals surface area (Å²) in [6.45, 7) is 9.05. The number of rotatable bonds is 6. The van der Waals surface area contributed by atoms with Gasteiger partial charge in [0.25, 0.3) is 0 Å². The molecule has 23 heavy (non-hydrogen) atoms. The molecule has 0 radical (unpaired) electrons. The molecule has 1 heterocycles. The summed E-state index contributed by atoms with van der Waals surface area (Å²) in [4.78, 5) is 2.63. The normalized spacial score (nSPS) is 35.9. The van der Waals surface area contributed by atoms with Crippen LogP contribution >= 0.6 is 0 Å². The molecule has 4 rings (SSSR count). The minimum atomic E-state index is 0.383. The zero-order valence-corrected chi connectivity index (χ0v) is 14.5. The van der Waals surface area contributed by atoms with Gasteiger partial charge in [0.2, 0.25) is 0 Å². The zero-order chi connectivity index (χ0) is 15.9. The Kier molecular flexibility index (Phi) is 4.21. The van der Waals surface area contributed by atoms with Gasteiger partial charge in [-0.05, 0) is 44.1 Å². The molecule has 3 nitrogen and oxygen atoms in total. The van der Waals surface area contributed by atoms with E-state index in [4.69, 9.17) is 4.74 Å². The SMILES string of the molecule is C[C@@H]1CN(CC2(CN[C@H]3CC3c3ccccc3)CC2)C[C@H](C)O1. The van der Waals surface area contributed by atoms with E-state index in [0.717, 1.165) is 19.0 Å². The molecular formula is C20H30N2O. The maximum absolute atomic E-state index is 5.87. The second-order valence-corrected chi connectivity index (χ2v) is 8.19. The quantitative estimate of drug-likeness (QED) is 0.873. The second kappa shape index (κ2) is 6.19. The molecule has 2 saturated carbocycles. The molecule has 4 atom stereocenters. The van der Waals surface area contributed by atoms with Gasteiger partial charge in [-0.2, -0.15) is 0 Å². The maximum atomic E-state index is 5.87. The monoisotopic (exact) mass is 314 g/mol. The topological polar surface area (TPSA) is 24.5 Å².